The van der Waals surface area contributed by atoms with E-state index in [0.717, 1.165) is 17.6 Å². The molecule has 0 aliphatic rings. The van der Waals surface area contributed by atoms with Crippen molar-refractivity contribution in [3.63, 3.8) is 0 Å². The zero-order valence-corrected chi connectivity index (χ0v) is 9.81. The minimum Gasteiger partial charge on any atom is -0.372 e. The lowest BCUT2D eigenvalue weighted by Crippen LogP contribution is -2.06. The molecule has 84 valence electrons. The molecule has 16 heavy (non-hydrogen) atoms. The molecule has 0 bridgehead atoms. The van der Waals surface area contributed by atoms with Crippen molar-refractivity contribution in [2.45, 2.75) is 33.0 Å². The lowest BCUT2D eigenvalue weighted by Gasteiger charge is -2.10. The predicted molar refractivity (Wildman–Crippen MR) is 66.3 cm³/mol. The highest BCUT2D eigenvalue weighted by atomic mass is 16.5. The summed E-state index contributed by atoms with van der Waals surface area (Å²) in [6.07, 6.45) is 1.33. The number of pyridine rings is 1. The quantitative estimate of drug-likeness (QED) is 0.778. The van der Waals surface area contributed by atoms with E-state index in [4.69, 9.17) is 4.74 Å². The van der Waals surface area contributed by atoms with Gasteiger partial charge in [0.2, 0.25) is 0 Å². The average Bonchev–Trinajstić information content (AvgIpc) is 2.35. The first-order chi connectivity index (χ1) is 7.79. The molecule has 1 atom stereocenters. The molecule has 0 amide bonds. The highest BCUT2D eigenvalue weighted by molar-refractivity contribution is 5.78. The Kier molecular flexibility index (Phi) is 3.52. The molecule has 1 heterocycles. The normalized spacial score (nSPS) is 12.9. The van der Waals surface area contributed by atoms with Crippen LogP contribution in [-0.4, -0.2) is 11.1 Å². The van der Waals surface area contributed by atoms with Crippen LogP contribution in [0.4, 0.5) is 0 Å². The van der Waals surface area contributed by atoms with E-state index in [9.17, 15) is 0 Å². The monoisotopic (exact) mass is 215 g/mol. The second-order valence-corrected chi connectivity index (χ2v) is 4.03. The molecule has 2 aromatic rings. The molecule has 0 aliphatic carbocycles. The molecule has 0 aliphatic heterocycles. The topological polar surface area (TPSA) is 22.1 Å². The van der Waals surface area contributed by atoms with Gasteiger partial charge >= 0.3 is 0 Å². The predicted octanol–water partition coefficient (Wildman–Crippen LogP) is 3.55. The third-order valence-electron chi connectivity index (χ3n) is 2.75. The van der Waals surface area contributed by atoms with Gasteiger partial charge in [-0.25, -0.2) is 0 Å². The highest BCUT2D eigenvalue weighted by Gasteiger charge is 2.01. The van der Waals surface area contributed by atoms with Crippen LogP contribution in [-0.2, 0) is 11.3 Å². The van der Waals surface area contributed by atoms with Crippen LogP contribution in [0.1, 0.15) is 26.0 Å². The third kappa shape index (κ3) is 2.58. The zero-order valence-electron chi connectivity index (χ0n) is 9.81. The summed E-state index contributed by atoms with van der Waals surface area (Å²) in [5.41, 5.74) is 2.03. The van der Waals surface area contributed by atoms with Crippen molar-refractivity contribution in [1.82, 2.24) is 4.98 Å². The highest BCUT2D eigenvalue weighted by Crippen LogP contribution is 2.12. The van der Waals surface area contributed by atoms with Gasteiger partial charge in [-0.1, -0.05) is 31.2 Å². The Hall–Kier alpha value is -1.41. The maximum absolute atomic E-state index is 5.66. The van der Waals surface area contributed by atoms with Crippen molar-refractivity contribution in [2.75, 3.05) is 0 Å². The first-order valence-corrected chi connectivity index (χ1v) is 5.76. The maximum atomic E-state index is 5.66. The number of fused-ring (bicyclic) bond motifs is 1. The number of hydrogen-bond acceptors (Lipinski definition) is 2. The minimum absolute atomic E-state index is 0.299. The number of aromatic nitrogens is 1. The van der Waals surface area contributed by atoms with Crippen LogP contribution in [0.2, 0.25) is 0 Å². The second kappa shape index (κ2) is 5.08. The number of rotatable bonds is 4. The van der Waals surface area contributed by atoms with Crippen molar-refractivity contribution < 1.29 is 4.74 Å². The molecule has 0 saturated heterocycles. The van der Waals surface area contributed by atoms with Crippen LogP contribution >= 0.6 is 0 Å². The molecule has 1 aromatic heterocycles. The van der Waals surface area contributed by atoms with Gasteiger partial charge in [0, 0.05) is 5.39 Å². The van der Waals surface area contributed by atoms with Gasteiger partial charge in [-0.15, -0.1) is 0 Å². The Labute approximate surface area is 96.3 Å². The van der Waals surface area contributed by atoms with Crippen molar-refractivity contribution in [2.24, 2.45) is 0 Å². The van der Waals surface area contributed by atoms with E-state index in [0.29, 0.717) is 12.7 Å². The maximum Gasteiger partial charge on any atom is 0.0891 e. The molecule has 0 saturated carbocycles. The van der Waals surface area contributed by atoms with E-state index in [1.54, 1.807) is 0 Å². The van der Waals surface area contributed by atoms with Gasteiger partial charge in [0.05, 0.1) is 23.9 Å². The van der Waals surface area contributed by atoms with Crippen molar-refractivity contribution in [3.8, 4) is 0 Å². The van der Waals surface area contributed by atoms with E-state index in [1.807, 2.05) is 24.3 Å². The van der Waals surface area contributed by atoms with Crippen LogP contribution in [0, 0.1) is 0 Å². The molecule has 0 radical (unpaired) electrons. The molecule has 1 unspecified atom stereocenters. The Bertz CT molecular complexity index is 467. The minimum atomic E-state index is 0.299. The van der Waals surface area contributed by atoms with Gasteiger partial charge < -0.3 is 4.74 Å². The van der Waals surface area contributed by atoms with Crippen molar-refractivity contribution in [1.29, 1.82) is 0 Å². The lowest BCUT2D eigenvalue weighted by atomic mass is 10.2. The average molecular weight is 215 g/mol. The van der Waals surface area contributed by atoms with E-state index in [1.165, 1.54) is 5.39 Å². The standard InChI is InChI=1S/C14H17NO/c1-3-11(2)16-10-13-9-8-12-6-4-5-7-14(12)15-13/h4-9,11H,3,10H2,1-2H3. The van der Waals surface area contributed by atoms with Gasteiger partial charge in [0.15, 0.2) is 0 Å². The fourth-order valence-corrected chi connectivity index (χ4v) is 1.53. The molecule has 1 aromatic carbocycles. The summed E-state index contributed by atoms with van der Waals surface area (Å²) in [6.45, 7) is 4.80. The summed E-state index contributed by atoms with van der Waals surface area (Å²) in [5, 5.41) is 1.18. The molecule has 0 N–H and O–H groups in total. The van der Waals surface area contributed by atoms with E-state index in [2.05, 4.69) is 31.0 Å². The smallest absolute Gasteiger partial charge is 0.0891 e. The van der Waals surface area contributed by atoms with Gasteiger partial charge in [0.25, 0.3) is 0 Å². The van der Waals surface area contributed by atoms with Crippen LogP contribution in [0.25, 0.3) is 10.9 Å². The van der Waals surface area contributed by atoms with Crippen molar-refractivity contribution in [3.05, 3.63) is 42.1 Å². The molecule has 2 nitrogen and oxygen atoms in total. The summed E-state index contributed by atoms with van der Waals surface area (Å²) in [4.78, 5) is 4.56. The first kappa shape index (κ1) is 11.1. The van der Waals surface area contributed by atoms with E-state index in [-0.39, 0.29) is 0 Å². The fourth-order valence-electron chi connectivity index (χ4n) is 1.53. The van der Waals surface area contributed by atoms with Crippen LogP contribution < -0.4 is 0 Å². The third-order valence-corrected chi connectivity index (χ3v) is 2.75. The number of nitrogens with zero attached hydrogens (tertiary/aromatic N) is 1. The fraction of sp³-hybridized carbons (Fsp3) is 0.357. The molecule has 0 spiro atoms. The lowest BCUT2D eigenvalue weighted by molar-refractivity contribution is 0.0490. The Morgan fingerprint density at radius 3 is 2.81 bits per heavy atom. The molecule has 2 rings (SSSR count). The summed E-state index contributed by atoms with van der Waals surface area (Å²) in [5.74, 6) is 0. The number of para-hydroxylation sites is 1. The molecular formula is C14H17NO. The molecule has 2 heteroatoms. The molecule has 0 fully saturated rings. The SMILES string of the molecule is CCC(C)OCc1ccc2ccccc2n1. The number of benzene rings is 1. The van der Waals surface area contributed by atoms with Crippen LogP contribution in [0.5, 0.6) is 0 Å². The second-order valence-electron chi connectivity index (χ2n) is 4.03. The summed E-state index contributed by atoms with van der Waals surface area (Å²) >= 11 is 0. The van der Waals surface area contributed by atoms with Gasteiger partial charge in [-0.2, -0.15) is 0 Å². The summed E-state index contributed by atoms with van der Waals surface area (Å²) in [7, 11) is 0. The molecular weight excluding hydrogens is 198 g/mol. The van der Waals surface area contributed by atoms with Gasteiger partial charge in [0.1, 0.15) is 0 Å². The largest absolute Gasteiger partial charge is 0.372 e. The zero-order chi connectivity index (χ0) is 11.4. The Morgan fingerprint density at radius 2 is 2.00 bits per heavy atom. The Balaban J connectivity index is 2.13. The number of ether oxygens (including phenoxy) is 1. The van der Waals surface area contributed by atoms with E-state index >= 15 is 0 Å². The van der Waals surface area contributed by atoms with Crippen LogP contribution in [0.15, 0.2) is 36.4 Å². The van der Waals surface area contributed by atoms with Gasteiger partial charge in [-0.3, -0.25) is 4.98 Å². The number of hydrogen-bond donors (Lipinski definition) is 0. The first-order valence-electron chi connectivity index (χ1n) is 5.76. The summed E-state index contributed by atoms with van der Waals surface area (Å²) < 4.78 is 5.66. The van der Waals surface area contributed by atoms with Crippen molar-refractivity contribution >= 4 is 10.9 Å². The van der Waals surface area contributed by atoms with E-state index < -0.39 is 0 Å². The summed E-state index contributed by atoms with van der Waals surface area (Å²) in [6, 6.07) is 12.3. The Morgan fingerprint density at radius 1 is 1.19 bits per heavy atom. The van der Waals surface area contributed by atoms with Crippen LogP contribution in [0.3, 0.4) is 0 Å². The van der Waals surface area contributed by atoms with Gasteiger partial charge in [-0.05, 0) is 25.5 Å².